The summed E-state index contributed by atoms with van der Waals surface area (Å²) in [5, 5.41) is 4.20. The molecule has 0 aliphatic carbocycles. The first-order valence-corrected chi connectivity index (χ1v) is 4.67. The highest BCUT2D eigenvalue weighted by Gasteiger charge is 2.07. The van der Waals surface area contributed by atoms with Gasteiger partial charge in [0, 0.05) is 11.8 Å². The smallest absolute Gasteiger partial charge is 0.148 e. The van der Waals surface area contributed by atoms with Gasteiger partial charge in [0.15, 0.2) is 0 Å². The number of nitrogen functional groups attached to an aromatic ring is 1. The quantitative estimate of drug-likeness (QED) is 0.809. The van der Waals surface area contributed by atoms with Crippen LogP contribution in [0.25, 0.3) is 5.69 Å². The van der Waals surface area contributed by atoms with Crippen molar-refractivity contribution in [2.24, 2.45) is 0 Å². The zero-order valence-electron chi connectivity index (χ0n) is 8.77. The highest BCUT2D eigenvalue weighted by atomic mass is 16.5. The van der Waals surface area contributed by atoms with Crippen LogP contribution in [0.2, 0.25) is 0 Å². The molecule has 15 heavy (non-hydrogen) atoms. The van der Waals surface area contributed by atoms with Gasteiger partial charge in [0.05, 0.1) is 7.11 Å². The van der Waals surface area contributed by atoms with E-state index in [9.17, 15) is 0 Å². The minimum atomic E-state index is 0.543. The van der Waals surface area contributed by atoms with E-state index in [1.807, 2.05) is 37.4 Å². The molecule has 0 radical (unpaired) electrons. The van der Waals surface area contributed by atoms with Crippen molar-refractivity contribution in [1.82, 2.24) is 9.78 Å². The number of para-hydroxylation sites is 2. The van der Waals surface area contributed by atoms with E-state index in [0.717, 1.165) is 17.0 Å². The average molecular weight is 203 g/mol. The summed E-state index contributed by atoms with van der Waals surface area (Å²) in [6, 6.07) is 7.68. The molecule has 0 spiro atoms. The number of nitrogens with zero attached hydrogens (tertiary/aromatic N) is 2. The van der Waals surface area contributed by atoms with Crippen molar-refractivity contribution in [2.75, 3.05) is 12.8 Å². The van der Waals surface area contributed by atoms with Gasteiger partial charge in [-0.1, -0.05) is 12.1 Å². The van der Waals surface area contributed by atoms with Gasteiger partial charge in [-0.05, 0) is 19.1 Å². The Morgan fingerprint density at radius 1 is 1.33 bits per heavy atom. The number of aromatic nitrogens is 2. The molecule has 4 heteroatoms. The normalized spacial score (nSPS) is 10.3. The standard InChI is InChI=1S/C11H13N3O/c1-8-7-14(13-11(8)12)9-5-3-4-6-10(9)15-2/h3-7H,1-2H3,(H2,12,13). The minimum absolute atomic E-state index is 0.543. The van der Waals surface area contributed by atoms with Gasteiger partial charge in [-0.15, -0.1) is 0 Å². The van der Waals surface area contributed by atoms with Crippen molar-refractivity contribution in [1.29, 1.82) is 0 Å². The van der Waals surface area contributed by atoms with Crippen LogP contribution in [0.15, 0.2) is 30.5 Å². The Hall–Kier alpha value is -1.97. The Morgan fingerprint density at radius 3 is 2.67 bits per heavy atom. The fourth-order valence-corrected chi connectivity index (χ4v) is 1.42. The number of nitrogens with two attached hydrogens (primary N) is 1. The number of aryl methyl sites for hydroxylation is 1. The molecule has 2 aromatic rings. The number of benzene rings is 1. The molecule has 1 heterocycles. The van der Waals surface area contributed by atoms with Crippen molar-refractivity contribution < 1.29 is 4.74 Å². The van der Waals surface area contributed by atoms with Crippen molar-refractivity contribution in [3.05, 3.63) is 36.0 Å². The predicted octanol–water partition coefficient (Wildman–Crippen LogP) is 1.77. The van der Waals surface area contributed by atoms with E-state index < -0.39 is 0 Å². The first kappa shape index (κ1) is 9.58. The summed E-state index contributed by atoms with van der Waals surface area (Å²) in [5.41, 5.74) is 7.54. The van der Waals surface area contributed by atoms with Gasteiger partial charge in [0.25, 0.3) is 0 Å². The average Bonchev–Trinajstić information content (AvgIpc) is 2.59. The zero-order valence-corrected chi connectivity index (χ0v) is 8.77. The Kier molecular flexibility index (Phi) is 2.33. The number of methoxy groups -OCH3 is 1. The highest BCUT2D eigenvalue weighted by Crippen LogP contribution is 2.22. The summed E-state index contributed by atoms with van der Waals surface area (Å²) in [7, 11) is 1.64. The molecule has 0 aliphatic heterocycles. The molecule has 0 saturated heterocycles. The summed E-state index contributed by atoms with van der Waals surface area (Å²) in [4.78, 5) is 0. The highest BCUT2D eigenvalue weighted by molar-refractivity contribution is 5.48. The monoisotopic (exact) mass is 203 g/mol. The molecule has 0 saturated carbocycles. The number of hydrogen-bond donors (Lipinski definition) is 1. The second-order valence-corrected chi connectivity index (χ2v) is 3.31. The first-order valence-electron chi connectivity index (χ1n) is 4.67. The molecule has 0 fully saturated rings. The van der Waals surface area contributed by atoms with Crippen molar-refractivity contribution in [2.45, 2.75) is 6.92 Å². The molecule has 1 aromatic carbocycles. The molecule has 1 aromatic heterocycles. The summed E-state index contributed by atoms with van der Waals surface area (Å²) in [6.07, 6.45) is 1.88. The minimum Gasteiger partial charge on any atom is -0.494 e. The SMILES string of the molecule is COc1ccccc1-n1cc(C)c(N)n1. The lowest BCUT2D eigenvalue weighted by Crippen LogP contribution is -1.99. The van der Waals surface area contributed by atoms with Crippen molar-refractivity contribution >= 4 is 5.82 Å². The van der Waals surface area contributed by atoms with Crippen LogP contribution in [0.1, 0.15) is 5.56 Å². The van der Waals surface area contributed by atoms with Crippen LogP contribution in [0.3, 0.4) is 0 Å². The van der Waals surface area contributed by atoms with Crippen molar-refractivity contribution in [3.63, 3.8) is 0 Å². The van der Waals surface area contributed by atoms with Crippen LogP contribution >= 0.6 is 0 Å². The second-order valence-electron chi connectivity index (χ2n) is 3.31. The third-order valence-electron chi connectivity index (χ3n) is 2.27. The van der Waals surface area contributed by atoms with E-state index >= 15 is 0 Å². The second kappa shape index (κ2) is 3.65. The lowest BCUT2D eigenvalue weighted by atomic mass is 10.3. The zero-order chi connectivity index (χ0) is 10.8. The van der Waals surface area contributed by atoms with E-state index in [-0.39, 0.29) is 0 Å². The van der Waals surface area contributed by atoms with Gasteiger partial charge in [-0.2, -0.15) is 5.10 Å². The van der Waals surface area contributed by atoms with Gasteiger partial charge in [-0.3, -0.25) is 0 Å². The Bertz CT molecular complexity index is 457. The van der Waals surface area contributed by atoms with E-state index in [4.69, 9.17) is 10.5 Å². The van der Waals surface area contributed by atoms with Gasteiger partial charge in [-0.25, -0.2) is 4.68 Å². The number of ether oxygens (including phenoxy) is 1. The fraction of sp³-hybridized carbons (Fsp3) is 0.182. The lowest BCUT2D eigenvalue weighted by Gasteiger charge is -2.07. The maximum Gasteiger partial charge on any atom is 0.148 e. The molecule has 0 bridgehead atoms. The Balaban J connectivity index is 2.53. The molecule has 0 amide bonds. The third-order valence-corrected chi connectivity index (χ3v) is 2.27. The van der Waals surface area contributed by atoms with Crippen LogP contribution in [0.5, 0.6) is 5.75 Å². The number of hydrogen-bond acceptors (Lipinski definition) is 3. The summed E-state index contributed by atoms with van der Waals surface area (Å²) in [6.45, 7) is 1.92. The van der Waals surface area contributed by atoms with E-state index in [1.165, 1.54) is 0 Å². The van der Waals surface area contributed by atoms with Gasteiger partial charge >= 0.3 is 0 Å². The largest absolute Gasteiger partial charge is 0.494 e. The van der Waals surface area contributed by atoms with Gasteiger partial charge in [0.2, 0.25) is 0 Å². The maximum atomic E-state index is 5.70. The summed E-state index contributed by atoms with van der Waals surface area (Å²) in [5.74, 6) is 1.32. The molecule has 2 N–H and O–H groups in total. The third kappa shape index (κ3) is 1.66. The molecule has 78 valence electrons. The van der Waals surface area contributed by atoms with Gasteiger partial charge in [0.1, 0.15) is 17.3 Å². The van der Waals surface area contributed by atoms with Crippen LogP contribution in [0.4, 0.5) is 5.82 Å². The molecule has 4 nitrogen and oxygen atoms in total. The van der Waals surface area contributed by atoms with Crippen molar-refractivity contribution in [3.8, 4) is 11.4 Å². The summed E-state index contributed by atoms with van der Waals surface area (Å²) < 4.78 is 6.97. The van der Waals surface area contributed by atoms with E-state index in [2.05, 4.69) is 5.10 Å². The van der Waals surface area contributed by atoms with Gasteiger partial charge < -0.3 is 10.5 Å². The first-order chi connectivity index (χ1) is 7.22. The maximum absolute atomic E-state index is 5.70. The van der Waals surface area contributed by atoms with Crippen LogP contribution in [-0.4, -0.2) is 16.9 Å². The molecular weight excluding hydrogens is 190 g/mol. The Labute approximate surface area is 88.3 Å². The molecular formula is C11H13N3O. The van der Waals surface area contributed by atoms with Crippen LogP contribution in [-0.2, 0) is 0 Å². The number of rotatable bonds is 2. The fourth-order valence-electron chi connectivity index (χ4n) is 1.42. The Morgan fingerprint density at radius 2 is 2.07 bits per heavy atom. The lowest BCUT2D eigenvalue weighted by molar-refractivity contribution is 0.412. The van der Waals surface area contributed by atoms with Crippen LogP contribution < -0.4 is 10.5 Å². The summed E-state index contributed by atoms with van der Waals surface area (Å²) >= 11 is 0. The molecule has 0 unspecified atom stereocenters. The topological polar surface area (TPSA) is 53.1 Å². The predicted molar refractivity (Wildman–Crippen MR) is 59.3 cm³/mol. The molecule has 0 atom stereocenters. The van der Waals surface area contributed by atoms with Crippen LogP contribution in [0, 0.1) is 6.92 Å². The molecule has 2 rings (SSSR count). The van der Waals surface area contributed by atoms with E-state index in [1.54, 1.807) is 11.8 Å². The number of anilines is 1. The molecule has 0 aliphatic rings. The van der Waals surface area contributed by atoms with E-state index in [0.29, 0.717) is 5.82 Å².